The minimum absolute atomic E-state index is 0.0968. The summed E-state index contributed by atoms with van der Waals surface area (Å²) in [5.74, 6) is -1.06. The summed E-state index contributed by atoms with van der Waals surface area (Å²) in [5, 5.41) is 0. The number of nitrogens with zero attached hydrogens (tertiary/aromatic N) is 1. The Bertz CT molecular complexity index is 855. The van der Waals surface area contributed by atoms with E-state index in [1.54, 1.807) is 4.90 Å². The van der Waals surface area contributed by atoms with Crippen LogP contribution in [0.25, 0.3) is 0 Å². The number of hydrogen-bond acceptors (Lipinski definition) is 3. The van der Waals surface area contributed by atoms with Crippen molar-refractivity contribution in [2.24, 2.45) is 0 Å². The zero-order valence-electron chi connectivity index (χ0n) is 15.8. The molecule has 0 aliphatic carbocycles. The van der Waals surface area contributed by atoms with Gasteiger partial charge in [0.1, 0.15) is 6.54 Å². The molecule has 0 aliphatic heterocycles. The Hall–Kier alpha value is -3.40. The molecular formula is C24H23NO3. The lowest BCUT2D eigenvalue weighted by Crippen LogP contribution is -2.39. The topological polar surface area (TPSA) is 46.6 Å². The van der Waals surface area contributed by atoms with E-state index in [0.29, 0.717) is 6.54 Å². The highest BCUT2D eigenvalue weighted by Gasteiger charge is 2.29. The third-order valence-corrected chi connectivity index (χ3v) is 4.59. The molecule has 0 unspecified atom stereocenters. The first-order valence-corrected chi connectivity index (χ1v) is 9.18. The summed E-state index contributed by atoms with van der Waals surface area (Å²) in [4.78, 5) is 27.2. The van der Waals surface area contributed by atoms with Crippen LogP contribution in [0.15, 0.2) is 91.0 Å². The molecule has 0 fully saturated rings. The van der Waals surface area contributed by atoms with Crippen LogP contribution in [0, 0.1) is 0 Å². The average Bonchev–Trinajstić information content (AvgIpc) is 2.75. The minimum Gasteiger partial charge on any atom is -0.468 e. The second kappa shape index (κ2) is 9.51. The van der Waals surface area contributed by atoms with Gasteiger partial charge in [-0.2, -0.15) is 0 Å². The molecule has 0 atom stereocenters. The maximum absolute atomic E-state index is 13.6. The smallest absolute Gasteiger partial charge is 0.325 e. The Kier molecular flexibility index (Phi) is 6.58. The lowest BCUT2D eigenvalue weighted by Gasteiger charge is -2.27. The summed E-state index contributed by atoms with van der Waals surface area (Å²) in [7, 11) is 1.33. The van der Waals surface area contributed by atoms with Crippen LogP contribution in [0.5, 0.6) is 0 Å². The van der Waals surface area contributed by atoms with Crippen molar-refractivity contribution in [2.45, 2.75) is 12.5 Å². The van der Waals surface area contributed by atoms with Gasteiger partial charge in [-0.15, -0.1) is 0 Å². The van der Waals surface area contributed by atoms with Crippen molar-refractivity contribution in [1.82, 2.24) is 4.90 Å². The second-order valence-electron chi connectivity index (χ2n) is 6.51. The van der Waals surface area contributed by atoms with E-state index in [0.717, 1.165) is 16.7 Å². The zero-order chi connectivity index (χ0) is 19.8. The summed E-state index contributed by atoms with van der Waals surface area (Å²) in [5.41, 5.74) is 2.74. The number of benzene rings is 3. The Morgan fingerprint density at radius 3 is 1.71 bits per heavy atom. The number of rotatable bonds is 7. The quantitative estimate of drug-likeness (QED) is 0.588. The van der Waals surface area contributed by atoms with Crippen LogP contribution >= 0.6 is 0 Å². The van der Waals surface area contributed by atoms with Crippen LogP contribution in [-0.4, -0.2) is 30.4 Å². The Labute approximate surface area is 165 Å². The first-order valence-electron chi connectivity index (χ1n) is 9.18. The van der Waals surface area contributed by atoms with Gasteiger partial charge in [-0.25, -0.2) is 0 Å². The maximum Gasteiger partial charge on any atom is 0.325 e. The number of amides is 1. The van der Waals surface area contributed by atoms with Crippen LogP contribution in [0.3, 0.4) is 0 Å². The van der Waals surface area contributed by atoms with Gasteiger partial charge in [-0.1, -0.05) is 91.0 Å². The van der Waals surface area contributed by atoms with E-state index in [9.17, 15) is 9.59 Å². The number of ether oxygens (including phenoxy) is 1. The molecule has 4 heteroatoms. The molecule has 0 bridgehead atoms. The normalized spacial score (nSPS) is 10.5. The first kappa shape index (κ1) is 19.4. The summed E-state index contributed by atoms with van der Waals surface area (Å²) in [6.45, 7) is 0.241. The summed E-state index contributed by atoms with van der Waals surface area (Å²) in [6, 6.07) is 28.9. The lowest BCUT2D eigenvalue weighted by molar-refractivity contribution is -0.147. The van der Waals surface area contributed by atoms with Crippen molar-refractivity contribution in [3.8, 4) is 0 Å². The highest BCUT2D eigenvalue weighted by atomic mass is 16.5. The van der Waals surface area contributed by atoms with Crippen LogP contribution in [0.2, 0.25) is 0 Å². The van der Waals surface area contributed by atoms with Crippen molar-refractivity contribution < 1.29 is 14.3 Å². The van der Waals surface area contributed by atoms with Crippen molar-refractivity contribution >= 4 is 11.9 Å². The molecule has 0 radical (unpaired) electrons. The van der Waals surface area contributed by atoms with Crippen LogP contribution in [-0.2, 0) is 20.9 Å². The largest absolute Gasteiger partial charge is 0.468 e. The number of esters is 1. The molecule has 4 nitrogen and oxygen atoms in total. The summed E-state index contributed by atoms with van der Waals surface area (Å²) < 4.78 is 4.83. The SMILES string of the molecule is COC(=O)CN(Cc1ccccc1)C(=O)C(c1ccccc1)c1ccccc1. The Morgan fingerprint density at radius 1 is 0.786 bits per heavy atom. The monoisotopic (exact) mass is 373 g/mol. The number of hydrogen-bond donors (Lipinski definition) is 0. The van der Waals surface area contributed by atoms with Crippen LogP contribution < -0.4 is 0 Å². The molecule has 0 N–H and O–H groups in total. The van der Waals surface area contributed by atoms with Gasteiger partial charge in [0.15, 0.2) is 0 Å². The van der Waals surface area contributed by atoms with Crippen molar-refractivity contribution in [3.05, 3.63) is 108 Å². The second-order valence-corrected chi connectivity index (χ2v) is 6.51. The fourth-order valence-electron chi connectivity index (χ4n) is 3.19. The van der Waals surface area contributed by atoms with E-state index in [1.165, 1.54) is 7.11 Å². The molecule has 0 aromatic heterocycles. The third-order valence-electron chi connectivity index (χ3n) is 4.59. The van der Waals surface area contributed by atoms with E-state index < -0.39 is 11.9 Å². The van der Waals surface area contributed by atoms with E-state index >= 15 is 0 Å². The zero-order valence-corrected chi connectivity index (χ0v) is 15.8. The first-order chi connectivity index (χ1) is 13.7. The fraction of sp³-hybridized carbons (Fsp3) is 0.167. The molecule has 0 spiro atoms. The van der Waals surface area contributed by atoms with Crippen LogP contribution in [0.4, 0.5) is 0 Å². The van der Waals surface area contributed by atoms with Gasteiger partial charge in [0, 0.05) is 6.54 Å². The van der Waals surface area contributed by atoms with Gasteiger partial charge < -0.3 is 9.64 Å². The number of methoxy groups -OCH3 is 1. The fourth-order valence-corrected chi connectivity index (χ4v) is 3.19. The molecule has 0 saturated heterocycles. The molecule has 0 saturated carbocycles. The van der Waals surface area contributed by atoms with Gasteiger partial charge in [0.05, 0.1) is 13.0 Å². The predicted molar refractivity (Wildman–Crippen MR) is 109 cm³/mol. The molecule has 3 aromatic rings. The number of carbonyl (C=O) groups excluding carboxylic acids is 2. The molecular weight excluding hydrogens is 350 g/mol. The van der Waals surface area contributed by atoms with Crippen molar-refractivity contribution in [3.63, 3.8) is 0 Å². The van der Waals surface area contributed by atoms with E-state index in [-0.39, 0.29) is 12.5 Å². The molecule has 0 aliphatic rings. The molecule has 0 heterocycles. The Morgan fingerprint density at radius 2 is 1.25 bits per heavy atom. The molecule has 3 aromatic carbocycles. The van der Waals surface area contributed by atoms with Gasteiger partial charge in [0.25, 0.3) is 0 Å². The van der Waals surface area contributed by atoms with E-state index in [1.807, 2.05) is 91.0 Å². The lowest BCUT2D eigenvalue weighted by atomic mass is 9.90. The number of carbonyl (C=O) groups is 2. The predicted octanol–water partition coefficient (Wildman–Crippen LogP) is 4.02. The summed E-state index contributed by atoms with van der Waals surface area (Å²) in [6.07, 6.45) is 0. The van der Waals surface area contributed by atoms with Gasteiger partial charge in [-0.3, -0.25) is 9.59 Å². The van der Waals surface area contributed by atoms with Gasteiger partial charge >= 0.3 is 5.97 Å². The van der Waals surface area contributed by atoms with E-state index in [4.69, 9.17) is 4.74 Å². The third kappa shape index (κ3) is 4.86. The van der Waals surface area contributed by atoms with Gasteiger partial charge in [0.2, 0.25) is 5.91 Å². The minimum atomic E-state index is -0.490. The maximum atomic E-state index is 13.6. The highest BCUT2D eigenvalue weighted by Crippen LogP contribution is 2.27. The average molecular weight is 373 g/mol. The molecule has 1 amide bonds. The standard InChI is InChI=1S/C24H23NO3/c1-28-22(26)18-25(17-19-11-5-2-6-12-19)24(27)23(20-13-7-3-8-14-20)21-15-9-4-10-16-21/h2-16,23H,17-18H2,1H3. The highest BCUT2D eigenvalue weighted by molar-refractivity contribution is 5.89. The van der Waals surface area contributed by atoms with Gasteiger partial charge in [-0.05, 0) is 16.7 Å². The molecule has 142 valence electrons. The molecule has 28 heavy (non-hydrogen) atoms. The summed E-state index contributed by atoms with van der Waals surface area (Å²) >= 11 is 0. The molecule has 3 rings (SSSR count). The van der Waals surface area contributed by atoms with E-state index in [2.05, 4.69) is 0 Å². The van der Waals surface area contributed by atoms with Crippen molar-refractivity contribution in [2.75, 3.05) is 13.7 Å². The Balaban J connectivity index is 1.97. The van der Waals surface area contributed by atoms with Crippen molar-refractivity contribution in [1.29, 1.82) is 0 Å². The van der Waals surface area contributed by atoms with Crippen LogP contribution in [0.1, 0.15) is 22.6 Å².